The van der Waals surface area contributed by atoms with E-state index < -0.39 is 11.9 Å². The van der Waals surface area contributed by atoms with Gasteiger partial charge in [-0.25, -0.2) is 0 Å². The topological polar surface area (TPSA) is 9.23 Å². The Labute approximate surface area is 100 Å². The van der Waals surface area contributed by atoms with Crippen LogP contribution in [0.2, 0.25) is 0 Å². The Kier molecular flexibility index (Phi) is 4.41. The average molecular weight is 295 g/mol. The fourth-order valence-electron chi connectivity index (χ4n) is 1.13. The monoisotopic (exact) mass is 294 g/mol. The van der Waals surface area contributed by atoms with Gasteiger partial charge >= 0.3 is 6.18 Å². The van der Waals surface area contributed by atoms with Crippen molar-refractivity contribution in [2.45, 2.75) is 13.1 Å². The molecule has 88 valence electrons. The van der Waals surface area contributed by atoms with E-state index in [9.17, 15) is 13.2 Å². The van der Waals surface area contributed by atoms with Crippen LogP contribution in [0.5, 0.6) is 0 Å². The van der Waals surface area contributed by atoms with Crippen LogP contribution < -0.4 is 0 Å². The third-order valence-corrected chi connectivity index (χ3v) is 2.59. The zero-order chi connectivity index (χ0) is 12.2. The van der Waals surface area contributed by atoms with Crippen LogP contribution in [0.1, 0.15) is 12.5 Å². The molecular formula is C11H10BrF3O. The number of benzene rings is 1. The lowest BCUT2D eigenvalue weighted by Crippen LogP contribution is -2.16. The largest absolute Gasteiger partial charge is 0.488 e. The van der Waals surface area contributed by atoms with Gasteiger partial charge in [-0.15, -0.1) is 0 Å². The van der Waals surface area contributed by atoms with Gasteiger partial charge in [0.2, 0.25) is 5.76 Å². The van der Waals surface area contributed by atoms with Crippen molar-refractivity contribution in [2.75, 3.05) is 6.61 Å². The first-order valence-electron chi connectivity index (χ1n) is 4.62. The van der Waals surface area contributed by atoms with Gasteiger partial charge in [-0.05, 0) is 28.4 Å². The summed E-state index contributed by atoms with van der Waals surface area (Å²) in [6.45, 7) is 1.48. The maximum absolute atomic E-state index is 12.6. The van der Waals surface area contributed by atoms with Crippen LogP contribution in [0.3, 0.4) is 0 Å². The van der Waals surface area contributed by atoms with E-state index >= 15 is 0 Å². The van der Waals surface area contributed by atoms with E-state index in [2.05, 4.69) is 20.7 Å². The molecule has 0 heterocycles. The van der Waals surface area contributed by atoms with Gasteiger partial charge in [0.05, 0.1) is 11.1 Å². The van der Waals surface area contributed by atoms with E-state index in [4.69, 9.17) is 0 Å². The second kappa shape index (κ2) is 5.39. The van der Waals surface area contributed by atoms with Gasteiger partial charge in [0.15, 0.2) is 0 Å². The number of ether oxygens (including phenoxy) is 1. The molecule has 0 atom stereocenters. The maximum atomic E-state index is 12.6. The smallest absolute Gasteiger partial charge is 0.450 e. The number of alkyl halides is 3. The molecule has 0 aliphatic carbocycles. The minimum atomic E-state index is -4.50. The molecule has 0 unspecified atom stereocenters. The molecule has 1 nitrogen and oxygen atoms in total. The van der Waals surface area contributed by atoms with E-state index in [1.165, 1.54) is 6.92 Å². The van der Waals surface area contributed by atoms with Crippen molar-refractivity contribution in [3.05, 3.63) is 41.7 Å². The molecule has 0 bridgehead atoms. The SMILES string of the molecule is CCO/C(=C(/Br)c1ccccc1)C(F)(F)F. The van der Waals surface area contributed by atoms with Crippen molar-refractivity contribution in [1.29, 1.82) is 0 Å². The van der Waals surface area contributed by atoms with Crippen molar-refractivity contribution in [2.24, 2.45) is 0 Å². The highest BCUT2D eigenvalue weighted by molar-refractivity contribution is 9.15. The highest BCUT2D eigenvalue weighted by Gasteiger charge is 2.38. The first-order valence-corrected chi connectivity index (χ1v) is 5.41. The average Bonchev–Trinajstić information content (AvgIpc) is 2.25. The zero-order valence-electron chi connectivity index (χ0n) is 8.51. The summed E-state index contributed by atoms with van der Waals surface area (Å²) in [6, 6.07) is 8.22. The van der Waals surface area contributed by atoms with Crippen molar-refractivity contribution in [1.82, 2.24) is 0 Å². The molecule has 0 spiro atoms. The summed E-state index contributed by atoms with van der Waals surface area (Å²) in [5, 5.41) is 0. The molecule has 0 amide bonds. The molecule has 5 heteroatoms. The van der Waals surface area contributed by atoms with Crippen molar-refractivity contribution < 1.29 is 17.9 Å². The standard InChI is InChI=1S/C11H10BrF3O/c1-2-16-10(11(13,14)15)9(12)8-6-4-3-5-7-8/h3-7H,2H2,1H3/b10-9+. The molecule has 0 saturated heterocycles. The van der Waals surface area contributed by atoms with Crippen LogP contribution in [-0.2, 0) is 4.74 Å². The molecule has 16 heavy (non-hydrogen) atoms. The van der Waals surface area contributed by atoms with Gasteiger partial charge in [0, 0.05) is 0 Å². The third-order valence-electron chi connectivity index (χ3n) is 1.77. The van der Waals surface area contributed by atoms with Crippen LogP contribution in [0.25, 0.3) is 4.48 Å². The summed E-state index contributed by atoms with van der Waals surface area (Å²) in [4.78, 5) is 0. The summed E-state index contributed by atoms with van der Waals surface area (Å²) < 4.78 is 42.4. The minimum Gasteiger partial charge on any atom is -0.488 e. The predicted molar refractivity (Wildman–Crippen MR) is 60.0 cm³/mol. The highest BCUT2D eigenvalue weighted by atomic mass is 79.9. The minimum absolute atomic E-state index is 0.0310. The molecule has 1 aromatic rings. The van der Waals surface area contributed by atoms with Gasteiger partial charge in [0.25, 0.3) is 0 Å². The predicted octanol–water partition coefficient (Wildman–Crippen LogP) is 4.35. The van der Waals surface area contributed by atoms with Gasteiger partial charge in [-0.2, -0.15) is 13.2 Å². The Morgan fingerprint density at radius 3 is 2.25 bits per heavy atom. The fraction of sp³-hybridized carbons (Fsp3) is 0.273. The fourth-order valence-corrected chi connectivity index (χ4v) is 1.73. The summed E-state index contributed by atoms with van der Waals surface area (Å²) in [7, 11) is 0. The summed E-state index contributed by atoms with van der Waals surface area (Å²) >= 11 is 2.92. The molecule has 0 aliphatic heterocycles. The highest BCUT2D eigenvalue weighted by Crippen LogP contribution is 2.36. The lowest BCUT2D eigenvalue weighted by molar-refractivity contribution is -0.128. The first-order chi connectivity index (χ1) is 7.46. The van der Waals surface area contributed by atoms with E-state index in [1.807, 2.05) is 0 Å². The zero-order valence-corrected chi connectivity index (χ0v) is 10.1. The molecule has 1 rings (SSSR count). The first kappa shape index (κ1) is 13.1. The van der Waals surface area contributed by atoms with Crippen molar-refractivity contribution in [3.63, 3.8) is 0 Å². The lowest BCUT2D eigenvalue weighted by Gasteiger charge is -2.14. The Morgan fingerprint density at radius 1 is 1.25 bits per heavy atom. The molecule has 1 aromatic carbocycles. The summed E-state index contributed by atoms with van der Waals surface area (Å²) in [6.07, 6.45) is -4.50. The third kappa shape index (κ3) is 3.27. The lowest BCUT2D eigenvalue weighted by atomic mass is 10.2. The summed E-state index contributed by atoms with van der Waals surface area (Å²) in [5.41, 5.74) is 0.434. The van der Waals surface area contributed by atoms with Crippen LogP contribution >= 0.6 is 15.9 Å². The van der Waals surface area contributed by atoms with Crippen molar-refractivity contribution in [3.8, 4) is 0 Å². The normalized spacial score (nSPS) is 13.3. The van der Waals surface area contributed by atoms with E-state index in [-0.39, 0.29) is 11.1 Å². The van der Waals surface area contributed by atoms with E-state index in [0.717, 1.165) is 0 Å². The van der Waals surface area contributed by atoms with Crippen molar-refractivity contribution >= 4 is 20.4 Å². The molecular weight excluding hydrogens is 285 g/mol. The van der Waals surface area contributed by atoms with E-state index in [1.54, 1.807) is 30.3 Å². The van der Waals surface area contributed by atoms with Crippen LogP contribution in [0.15, 0.2) is 36.1 Å². The number of halogens is 4. The number of rotatable bonds is 3. The van der Waals surface area contributed by atoms with Crippen LogP contribution in [0, 0.1) is 0 Å². The Hall–Kier alpha value is -0.970. The maximum Gasteiger partial charge on any atom is 0.450 e. The van der Waals surface area contributed by atoms with Gasteiger partial charge in [-0.1, -0.05) is 30.3 Å². The van der Waals surface area contributed by atoms with E-state index in [0.29, 0.717) is 5.56 Å². The quantitative estimate of drug-likeness (QED) is 0.753. The van der Waals surface area contributed by atoms with Crippen LogP contribution in [0.4, 0.5) is 13.2 Å². The van der Waals surface area contributed by atoms with Gasteiger partial charge in [-0.3, -0.25) is 0 Å². The van der Waals surface area contributed by atoms with Gasteiger partial charge < -0.3 is 4.74 Å². The second-order valence-electron chi connectivity index (χ2n) is 2.94. The Balaban J connectivity index is 3.17. The van der Waals surface area contributed by atoms with Gasteiger partial charge in [0.1, 0.15) is 0 Å². The molecule has 0 aliphatic rings. The van der Waals surface area contributed by atoms with Crippen LogP contribution in [-0.4, -0.2) is 12.8 Å². The Morgan fingerprint density at radius 2 is 1.81 bits per heavy atom. The molecule has 0 N–H and O–H groups in total. The molecule has 0 aromatic heterocycles. The number of allylic oxidation sites excluding steroid dienone is 1. The summed E-state index contributed by atoms with van der Waals surface area (Å²) in [5.74, 6) is -0.999. The molecule has 0 fully saturated rings. The Bertz CT molecular complexity index is 371. The second-order valence-corrected chi connectivity index (χ2v) is 3.73. The number of hydrogen-bond donors (Lipinski definition) is 0. The molecule has 0 radical (unpaired) electrons. The molecule has 0 saturated carbocycles. The number of hydrogen-bond acceptors (Lipinski definition) is 1.